The maximum Gasteiger partial charge on any atom is 0.173 e. The Labute approximate surface area is 188 Å². The Hall–Kier alpha value is -2.64. The van der Waals surface area contributed by atoms with Gasteiger partial charge in [-0.15, -0.1) is 5.10 Å². The molecule has 164 valence electrons. The van der Waals surface area contributed by atoms with Crippen LogP contribution in [0.25, 0.3) is 0 Å². The van der Waals surface area contributed by atoms with Crippen LogP contribution in [-0.4, -0.2) is 58.4 Å². The number of halogens is 1. The third-order valence-corrected chi connectivity index (χ3v) is 5.87. The molecule has 31 heavy (non-hydrogen) atoms. The van der Waals surface area contributed by atoms with E-state index in [1.54, 1.807) is 7.11 Å². The third-order valence-electron chi connectivity index (χ3n) is 5.64. The SMILES string of the molecule is COc1cccc(C(c2nnnn2C(C)(C)C)N2CCN(c3cccc(Cl)c3)CC2)c1. The van der Waals surface area contributed by atoms with Crippen LogP contribution < -0.4 is 9.64 Å². The van der Waals surface area contributed by atoms with E-state index in [1.165, 1.54) is 0 Å². The molecule has 3 aromatic rings. The van der Waals surface area contributed by atoms with Crippen LogP contribution in [0.3, 0.4) is 0 Å². The van der Waals surface area contributed by atoms with E-state index < -0.39 is 0 Å². The first-order chi connectivity index (χ1) is 14.9. The molecule has 1 unspecified atom stereocenters. The summed E-state index contributed by atoms with van der Waals surface area (Å²) in [6.45, 7) is 9.91. The number of aromatic nitrogens is 4. The number of benzene rings is 2. The molecule has 2 heterocycles. The smallest absolute Gasteiger partial charge is 0.173 e. The van der Waals surface area contributed by atoms with Crippen molar-refractivity contribution in [2.45, 2.75) is 32.4 Å². The van der Waals surface area contributed by atoms with Crippen molar-refractivity contribution in [1.29, 1.82) is 0 Å². The molecule has 1 fully saturated rings. The van der Waals surface area contributed by atoms with Crippen LogP contribution in [0.2, 0.25) is 5.02 Å². The van der Waals surface area contributed by atoms with Gasteiger partial charge in [0.05, 0.1) is 18.7 Å². The number of rotatable bonds is 5. The van der Waals surface area contributed by atoms with Crippen molar-refractivity contribution in [1.82, 2.24) is 25.1 Å². The van der Waals surface area contributed by atoms with E-state index in [2.05, 4.69) is 64.3 Å². The predicted octanol–water partition coefficient (Wildman–Crippen LogP) is 4.00. The monoisotopic (exact) mass is 440 g/mol. The zero-order chi connectivity index (χ0) is 22.0. The van der Waals surface area contributed by atoms with E-state index in [1.807, 2.05) is 35.0 Å². The Morgan fingerprint density at radius 1 is 1.00 bits per heavy atom. The number of hydrogen-bond donors (Lipinski definition) is 0. The molecule has 0 amide bonds. The van der Waals surface area contributed by atoms with Gasteiger partial charge >= 0.3 is 0 Å². The van der Waals surface area contributed by atoms with Gasteiger partial charge < -0.3 is 9.64 Å². The van der Waals surface area contributed by atoms with Crippen LogP contribution in [0.15, 0.2) is 48.5 Å². The summed E-state index contributed by atoms with van der Waals surface area (Å²) in [7, 11) is 1.69. The van der Waals surface area contributed by atoms with E-state index in [-0.39, 0.29) is 11.6 Å². The normalized spacial score (nSPS) is 16.4. The molecule has 0 aliphatic carbocycles. The van der Waals surface area contributed by atoms with Crippen molar-refractivity contribution < 1.29 is 4.74 Å². The average Bonchev–Trinajstić information content (AvgIpc) is 3.25. The molecule has 2 aromatic carbocycles. The number of hydrogen-bond acceptors (Lipinski definition) is 6. The molecule has 0 N–H and O–H groups in total. The molecule has 1 atom stereocenters. The van der Waals surface area contributed by atoms with E-state index >= 15 is 0 Å². The van der Waals surface area contributed by atoms with Crippen molar-refractivity contribution in [2.24, 2.45) is 0 Å². The van der Waals surface area contributed by atoms with Gasteiger partial charge in [0, 0.05) is 36.9 Å². The third kappa shape index (κ3) is 4.67. The van der Waals surface area contributed by atoms with Crippen LogP contribution in [0.5, 0.6) is 5.75 Å². The topological polar surface area (TPSA) is 59.3 Å². The molecule has 8 heteroatoms. The number of nitrogens with zero attached hydrogens (tertiary/aromatic N) is 6. The summed E-state index contributed by atoms with van der Waals surface area (Å²) in [5.41, 5.74) is 2.05. The number of tetrazole rings is 1. The molecule has 0 spiro atoms. The van der Waals surface area contributed by atoms with Crippen LogP contribution >= 0.6 is 11.6 Å². The van der Waals surface area contributed by atoms with Gasteiger partial charge in [-0.2, -0.15) is 0 Å². The molecular formula is C23H29ClN6O. The summed E-state index contributed by atoms with van der Waals surface area (Å²) in [5, 5.41) is 13.6. The molecular weight excluding hydrogens is 412 g/mol. The van der Waals surface area contributed by atoms with Gasteiger partial charge in [-0.1, -0.05) is 29.8 Å². The Kier molecular flexibility index (Phi) is 6.16. The molecule has 0 saturated carbocycles. The highest BCUT2D eigenvalue weighted by Crippen LogP contribution is 2.33. The van der Waals surface area contributed by atoms with Gasteiger partial charge in [0.25, 0.3) is 0 Å². The van der Waals surface area contributed by atoms with Crippen LogP contribution in [0, 0.1) is 0 Å². The minimum atomic E-state index is -0.224. The average molecular weight is 441 g/mol. The zero-order valence-corrected chi connectivity index (χ0v) is 19.3. The van der Waals surface area contributed by atoms with E-state index in [4.69, 9.17) is 16.3 Å². The van der Waals surface area contributed by atoms with E-state index in [0.29, 0.717) is 0 Å². The molecule has 4 rings (SSSR count). The Bertz CT molecular complexity index is 1020. The zero-order valence-electron chi connectivity index (χ0n) is 18.5. The van der Waals surface area contributed by atoms with Crippen LogP contribution in [-0.2, 0) is 5.54 Å². The van der Waals surface area contributed by atoms with Crippen LogP contribution in [0.1, 0.15) is 38.2 Å². The van der Waals surface area contributed by atoms with Crippen molar-refractivity contribution in [3.05, 3.63) is 64.9 Å². The first kappa shape index (κ1) is 21.6. The second-order valence-electron chi connectivity index (χ2n) is 8.80. The number of methoxy groups -OCH3 is 1. The Morgan fingerprint density at radius 2 is 1.74 bits per heavy atom. The van der Waals surface area contributed by atoms with Gasteiger partial charge in [0.1, 0.15) is 5.75 Å². The second kappa shape index (κ2) is 8.85. The van der Waals surface area contributed by atoms with Crippen molar-refractivity contribution >= 4 is 17.3 Å². The number of piperazine rings is 1. The lowest BCUT2D eigenvalue weighted by atomic mass is 10.0. The maximum atomic E-state index is 6.21. The van der Waals surface area contributed by atoms with E-state index in [9.17, 15) is 0 Å². The lowest BCUT2D eigenvalue weighted by molar-refractivity contribution is 0.191. The van der Waals surface area contributed by atoms with Crippen LogP contribution in [0.4, 0.5) is 5.69 Å². The van der Waals surface area contributed by atoms with Crippen molar-refractivity contribution in [3.8, 4) is 5.75 Å². The Morgan fingerprint density at radius 3 is 2.42 bits per heavy atom. The van der Waals surface area contributed by atoms with E-state index in [0.717, 1.165) is 54.0 Å². The van der Waals surface area contributed by atoms with Gasteiger partial charge in [0.15, 0.2) is 5.82 Å². The first-order valence-electron chi connectivity index (χ1n) is 10.5. The molecule has 1 saturated heterocycles. The van der Waals surface area contributed by atoms with Gasteiger partial charge in [-0.25, -0.2) is 4.68 Å². The largest absolute Gasteiger partial charge is 0.497 e. The minimum Gasteiger partial charge on any atom is -0.497 e. The summed E-state index contributed by atoms with van der Waals surface area (Å²) in [4.78, 5) is 4.82. The Balaban J connectivity index is 1.65. The second-order valence-corrected chi connectivity index (χ2v) is 9.24. The lowest BCUT2D eigenvalue weighted by Gasteiger charge is -2.40. The molecule has 7 nitrogen and oxygen atoms in total. The number of anilines is 1. The van der Waals surface area contributed by atoms with Gasteiger partial charge in [-0.3, -0.25) is 4.90 Å². The fourth-order valence-corrected chi connectivity index (χ4v) is 4.27. The highest BCUT2D eigenvalue weighted by molar-refractivity contribution is 6.30. The summed E-state index contributed by atoms with van der Waals surface area (Å²) in [6, 6.07) is 16.2. The van der Waals surface area contributed by atoms with Crippen molar-refractivity contribution in [2.75, 3.05) is 38.2 Å². The van der Waals surface area contributed by atoms with Gasteiger partial charge in [-0.05, 0) is 67.1 Å². The molecule has 1 aromatic heterocycles. The lowest BCUT2D eigenvalue weighted by Crippen LogP contribution is -2.48. The standard InChI is InChI=1S/C23H29ClN6O/c1-23(2,3)30-22(25-26-27-30)21(17-7-5-10-20(15-17)31-4)29-13-11-28(12-14-29)19-9-6-8-18(24)16-19/h5-10,15-16,21H,11-14H2,1-4H3. The highest BCUT2D eigenvalue weighted by Gasteiger charge is 2.33. The molecule has 1 aliphatic heterocycles. The quantitative estimate of drug-likeness (QED) is 0.597. The predicted molar refractivity (Wildman–Crippen MR) is 123 cm³/mol. The molecule has 1 aliphatic rings. The first-order valence-corrected chi connectivity index (χ1v) is 10.9. The summed E-state index contributed by atoms with van der Waals surface area (Å²) < 4.78 is 7.43. The summed E-state index contributed by atoms with van der Waals surface area (Å²) in [6.07, 6.45) is 0. The minimum absolute atomic E-state index is 0.0640. The number of ether oxygens (including phenoxy) is 1. The highest BCUT2D eigenvalue weighted by atomic mass is 35.5. The summed E-state index contributed by atoms with van der Waals surface area (Å²) >= 11 is 6.21. The van der Waals surface area contributed by atoms with Crippen molar-refractivity contribution in [3.63, 3.8) is 0 Å². The maximum absolute atomic E-state index is 6.21. The molecule has 0 radical (unpaired) electrons. The summed E-state index contributed by atoms with van der Waals surface area (Å²) in [5.74, 6) is 1.67. The fourth-order valence-electron chi connectivity index (χ4n) is 4.09. The fraction of sp³-hybridized carbons (Fsp3) is 0.435. The molecule has 0 bridgehead atoms. The van der Waals surface area contributed by atoms with Gasteiger partial charge in [0.2, 0.25) is 0 Å².